The number of halogens is 3. The monoisotopic (exact) mass is 378 g/mol. The van der Waals surface area contributed by atoms with Gasteiger partial charge in [0.05, 0.1) is 14.9 Å². The van der Waals surface area contributed by atoms with Gasteiger partial charge in [0, 0.05) is 15.4 Å². The molecule has 0 saturated carbocycles. The molecular formula is C13H9BrCl2O2S. The number of hydrogen-bond donors (Lipinski definition) is 0. The van der Waals surface area contributed by atoms with E-state index in [-0.39, 0.29) is 12.4 Å². The normalized spacial score (nSPS) is 10.5. The van der Waals surface area contributed by atoms with E-state index in [1.165, 1.54) is 11.3 Å². The largest absolute Gasteiger partial charge is 0.484 e. The Morgan fingerprint density at radius 1 is 1.32 bits per heavy atom. The third-order valence-corrected chi connectivity index (χ3v) is 4.88. The number of Topliss-reactive ketones (excluding diaryl/α,β-unsaturated/α-hetero) is 1. The molecule has 0 fully saturated rings. The van der Waals surface area contributed by atoms with Gasteiger partial charge >= 0.3 is 0 Å². The van der Waals surface area contributed by atoms with Gasteiger partial charge in [0.15, 0.2) is 6.61 Å². The molecule has 0 N–H and O–H groups in total. The lowest BCUT2D eigenvalue weighted by molar-refractivity contribution is 0.0925. The minimum absolute atomic E-state index is 0.0579. The highest BCUT2D eigenvalue weighted by molar-refractivity contribution is 9.10. The Morgan fingerprint density at radius 3 is 2.68 bits per heavy atom. The summed E-state index contributed by atoms with van der Waals surface area (Å²) in [7, 11) is 0. The summed E-state index contributed by atoms with van der Waals surface area (Å²) < 4.78 is 6.10. The Labute approximate surface area is 133 Å². The van der Waals surface area contributed by atoms with E-state index in [0.717, 1.165) is 4.88 Å². The molecular weight excluding hydrogens is 371 g/mol. The predicted octanol–water partition coefficient (Wildman–Crippen LogP) is 5.39. The standard InChI is InChI=1S/C13H9BrCl2O2S/c1-7-2-3-13(19-7)11(17)6-18-12-5-9(15)8(14)4-10(12)16/h2-5H,6H2,1H3. The van der Waals surface area contributed by atoms with Gasteiger partial charge in [0.1, 0.15) is 5.75 Å². The molecule has 0 atom stereocenters. The molecule has 2 rings (SSSR count). The summed E-state index contributed by atoms with van der Waals surface area (Å²) in [5, 5.41) is 0.894. The van der Waals surface area contributed by atoms with Gasteiger partial charge in [-0.05, 0) is 41.1 Å². The molecule has 1 aromatic heterocycles. The van der Waals surface area contributed by atoms with Gasteiger partial charge in [-0.2, -0.15) is 0 Å². The average Bonchev–Trinajstić information content (AvgIpc) is 2.78. The molecule has 0 spiro atoms. The summed E-state index contributed by atoms with van der Waals surface area (Å²) in [5.74, 6) is 0.324. The van der Waals surface area contributed by atoms with Crippen LogP contribution in [-0.4, -0.2) is 12.4 Å². The average molecular weight is 380 g/mol. The van der Waals surface area contributed by atoms with Crippen molar-refractivity contribution in [2.24, 2.45) is 0 Å². The summed E-state index contributed by atoms with van der Waals surface area (Å²) in [6.45, 7) is 1.89. The fourth-order valence-electron chi connectivity index (χ4n) is 1.41. The van der Waals surface area contributed by atoms with Crippen LogP contribution < -0.4 is 4.74 Å². The minimum atomic E-state index is -0.0757. The molecule has 19 heavy (non-hydrogen) atoms. The highest BCUT2D eigenvalue weighted by Crippen LogP contribution is 2.34. The number of hydrogen-bond acceptors (Lipinski definition) is 3. The van der Waals surface area contributed by atoms with Crippen molar-refractivity contribution < 1.29 is 9.53 Å². The fourth-order valence-corrected chi connectivity index (χ4v) is 3.05. The van der Waals surface area contributed by atoms with Crippen LogP contribution in [0.3, 0.4) is 0 Å². The molecule has 0 radical (unpaired) electrons. The Bertz CT molecular complexity index is 625. The van der Waals surface area contributed by atoms with Gasteiger partial charge in [0.25, 0.3) is 0 Å². The van der Waals surface area contributed by atoms with Crippen LogP contribution in [0, 0.1) is 6.92 Å². The van der Waals surface area contributed by atoms with E-state index in [1.807, 2.05) is 13.0 Å². The molecule has 0 amide bonds. The van der Waals surface area contributed by atoms with Crippen LogP contribution in [0.2, 0.25) is 10.0 Å². The molecule has 2 aromatic rings. The zero-order valence-corrected chi connectivity index (χ0v) is 13.8. The second-order valence-electron chi connectivity index (χ2n) is 3.82. The van der Waals surface area contributed by atoms with Crippen LogP contribution in [0.1, 0.15) is 14.5 Å². The van der Waals surface area contributed by atoms with Gasteiger partial charge < -0.3 is 4.74 Å². The second-order valence-corrected chi connectivity index (χ2v) is 6.78. The number of aryl methyl sites for hydroxylation is 1. The van der Waals surface area contributed by atoms with Crippen molar-refractivity contribution in [3.8, 4) is 5.75 Å². The van der Waals surface area contributed by atoms with Crippen molar-refractivity contribution in [2.45, 2.75) is 6.92 Å². The van der Waals surface area contributed by atoms with Crippen LogP contribution in [0.5, 0.6) is 5.75 Å². The Morgan fingerprint density at radius 2 is 2.05 bits per heavy atom. The van der Waals surface area contributed by atoms with Crippen LogP contribution in [0.4, 0.5) is 0 Å². The zero-order valence-electron chi connectivity index (χ0n) is 9.88. The smallest absolute Gasteiger partial charge is 0.210 e. The quantitative estimate of drug-likeness (QED) is 0.526. The van der Waals surface area contributed by atoms with Crippen molar-refractivity contribution in [1.82, 2.24) is 0 Å². The SMILES string of the molecule is Cc1ccc(C(=O)COc2cc(Cl)c(Br)cc2Cl)s1. The second kappa shape index (κ2) is 6.27. The molecule has 1 heterocycles. The Balaban J connectivity index is 2.07. The number of rotatable bonds is 4. The van der Waals surface area contributed by atoms with Crippen molar-refractivity contribution >= 4 is 56.3 Å². The van der Waals surface area contributed by atoms with E-state index in [4.69, 9.17) is 27.9 Å². The summed E-state index contributed by atoms with van der Waals surface area (Å²) in [5.41, 5.74) is 0. The number of ketones is 1. The van der Waals surface area contributed by atoms with Crippen LogP contribution in [-0.2, 0) is 0 Å². The van der Waals surface area contributed by atoms with E-state index in [9.17, 15) is 4.79 Å². The molecule has 0 unspecified atom stereocenters. The molecule has 0 saturated heterocycles. The van der Waals surface area contributed by atoms with Crippen LogP contribution in [0.15, 0.2) is 28.7 Å². The fraction of sp³-hybridized carbons (Fsp3) is 0.154. The van der Waals surface area contributed by atoms with Gasteiger partial charge in [-0.15, -0.1) is 11.3 Å². The topological polar surface area (TPSA) is 26.3 Å². The molecule has 2 nitrogen and oxygen atoms in total. The Hall–Kier alpha value is -0.550. The number of thiophene rings is 1. The lowest BCUT2D eigenvalue weighted by Crippen LogP contribution is -2.10. The number of benzene rings is 1. The summed E-state index contributed by atoms with van der Waals surface area (Å²) >= 11 is 16.7. The van der Waals surface area contributed by atoms with Gasteiger partial charge in [-0.25, -0.2) is 0 Å². The predicted molar refractivity (Wildman–Crippen MR) is 83.0 cm³/mol. The van der Waals surface area contributed by atoms with E-state index in [1.54, 1.807) is 18.2 Å². The summed E-state index contributed by atoms with van der Waals surface area (Å²) in [6, 6.07) is 6.92. The van der Waals surface area contributed by atoms with E-state index in [2.05, 4.69) is 15.9 Å². The third kappa shape index (κ3) is 3.72. The third-order valence-electron chi connectivity index (χ3n) is 2.35. The summed E-state index contributed by atoms with van der Waals surface area (Å²) in [4.78, 5) is 13.7. The van der Waals surface area contributed by atoms with Crippen molar-refractivity contribution in [1.29, 1.82) is 0 Å². The lowest BCUT2D eigenvalue weighted by atomic mass is 10.3. The molecule has 0 aliphatic carbocycles. The Kier molecular flexibility index (Phi) is 4.90. The zero-order chi connectivity index (χ0) is 14.0. The van der Waals surface area contributed by atoms with Crippen molar-refractivity contribution in [3.05, 3.63) is 48.5 Å². The first-order valence-electron chi connectivity index (χ1n) is 5.34. The van der Waals surface area contributed by atoms with E-state index < -0.39 is 0 Å². The molecule has 0 bridgehead atoms. The molecule has 100 valence electrons. The molecule has 0 aliphatic heterocycles. The van der Waals surface area contributed by atoms with Crippen molar-refractivity contribution in [2.75, 3.05) is 6.61 Å². The molecule has 6 heteroatoms. The lowest BCUT2D eigenvalue weighted by Gasteiger charge is -2.08. The molecule has 0 aliphatic rings. The summed E-state index contributed by atoms with van der Waals surface area (Å²) in [6.07, 6.45) is 0. The van der Waals surface area contributed by atoms with Crippen LogP contribution >= 0.6 is 50.5 Å². The highest BCUT2D eigenvalue weighted by atomic mass is 79.9. The van der Waals surface area contributed by atoms with Gasteiger partial charge in [0.2, 0.25) is 5.78 Å². The first-order valence-corrected chi connectivity index (χ1v) is 7.71. The first kappa shape index (κ1) is 14.9. The van der Waals surface area contributed by atoms with E-state index >= 15 is 0 Å². The maximum atomic E-state index is 11.9. The molecule has 1 aromatic carbocycles. The van der Waals surface area contributed by atoms with Gasteiger partial charge in [-0.1, -0.05) is 23.2 Å². The number of carbonyl (C=O) groups is 1. The maximum absolute atomic E-state index is 11.9. The van der Waals surface area contributed by atoms with E-state index in [0.29, 0.717) is 25.1 Å². The highest BCUT2D eigenvalue weighted by Gasteiger charge is 2.12. The number of carbonyl (C=O) groups excluding carboxylic acids is 1. The van der Waals surface area contributed by atoms with Gasteiger partial charge in [-0.3, -0.25) is 4.79 Å². The van der Waals surface area contributed by atoms with Crippen LogP contribution in [0.25, 0.3) is 0 Å². The number of ether oxygens (including phenoxy) is 1. The minimum Gasteiger partial charge on any atom is -0.484 e. The maximum Gasteiger partial charge on any atom is 0.210 e. The van der Waals surface area contributed by atoms with Crippen molar-refractivity contribution in [3.63, 3.8) is 0 Å². The first-order chi connectivity index (χ1) is 8.97.